The number of sulfonamides is 1. The molecule has 1 saturated carbocycles. The molecule has 0 N–H and O–H groups in total. The molecule has 170 valence electrons. The van der Waals surface area contributed by atoms with Gasteiger partial charge in [-0.15, -0.1) is 4.40 Å². The van der Waals surface area contributed by atoms with Crippen molar-refractivity contribution < 1.29 is 30.7 Å². The number of hydrogen-bond donors (Lipinski definition) is 0. The Bertz CT molecular complexity index is 1180. The van der Waals surface area contributed by atoms with Gasteiger partial charge in [0.05, 0.1) is 16.7 Å². The van der Waals surface area contributed by atoms with Crippen LogP contribution in [0.2, 0.25) is 0 Å². The zero-order valence-electron chi connectivity index (χ0n) is 16.9. The highest BCUT2D eigenvalue weighted by molar-refractivity contribution is 7.90. The van der Waals surface area contributed by atoms with Gasteiger partial charge in [0.25, 0.3) is 10.0 Å². The number of hydrogen-bond acceptors (Lipinski definition) is 4. The summed E-state index contributed by atoms with van der Waals surface area (Å²) in [7, 11) is -3.49. The maximum atomic E-state index is 13.5. The van der Waals surface area contributed by atoms with Crippen LogP contribution in [0.15, 0.2) is 46.9 Å². The fourth-order valence-electron chi connectivity index (χ4n) is 5.08. The molecular formula is C22H20F4N2O3S. The first-order valence-corrected chi connectivity index (χ1v) is 11.9. The summed E-state index contributed by atoms with van der Waals surface area (Å²) in [5, 5.41) is 0. The van der Waals surface area contributed by atoms with Crippen molar-refractivity contribution in [2.75, 3.05) is 12.3 Å². The maximum absolute atomic E-state index is 13.5. The van der Waals surface area contributed by atoms with E-state index >= 15 is 0 Å². The van der Waals surface area contributed by atoms with Crippen molar-refractivity contribution in [3.8, 4) is 11.5 Å². The Kier molecular flexibility index (Phi) is 4.77. The first kappa shape index (κ1) is 21.2. The normalized spacial score (nSPS) is 26.4. The van der Waals surface area contributed by atoms with E-state index in [1.807, 2.05) is 0 Å². The lowest BCUT2D eigenvalue weighted by Crippen LogP contribution is -2.62. The summed E-state index contributed by atoms with van der Waals surface area (Å²) in [5.74, 6) is -0.567. The van der Waals surface area contributed by atoms with Gasteiger partial charge in [-0.3, -0.25) is 0 Å². The van der Waals surface area contributed by atoms with Crippen LogP contribution in [-0.2, 0) is 21.6 Å². The van der Waals surface area contributed by atoms with E-state index in [9.17, 15) is 26.0 Å². The van der Waals surface area contributed by atoms with E-state index in [-0.39, 0.29) is 11.5 Å². The van der Waals surface area contributed by atoms with Crippen molar-refractivity contribution in [3.05, 3.63) is 59.4 Å². The standard InChI is InChI=1S/C22H20F4N2O3S/c23-19-6-5-17(13-18(19)22(24,25)26)31-16-3-1-14(2-4-16)21-9-7-15(8-10-21)28-11-12-32(29,30)27-20(21)28/h1-6,13,15H,7-12H2. The van der Waals surface area contributed by atoms with Crippen LogP contribution in [0.4, 0.5) is 17.6 Å². The van der Waals surface area contributed by atoms with E-state index in [1.165, 1.54) is 0 Å². The Balaban J connectivity index is 1.45. The molecule has 3 heterocycles. The number of nitrogens with zero attached hydrogens (tertiary/aromatic N) is 2. The minimum Gasteiger partial charge on any atom is -0.457 e. The van der Waals surface area contributed by atoms with Crippen molar-refractivity contribution >= 4 is 15.9 Å². The lowest BCUT2D eigenvalue weighted by atomic mass is 9.63. The Labute approximate surface area is 182 Å². The largest absolute Gasteiger partial charge is 0.457 e. The van der Waals surface area contributed by atoms with Gasteiger partial charge in [0.1, 0.15) is 23.2 Å². The van der Waals surface area contributed by atoms with Crippen LogP contribution < -0.4 is 4.74 Å². The zero-order valence-corrected chi connectivity index (χ0v) is 17.7. The molecule has 0 radical (unpaired) electrons. The van der Waals surface area contributed by atoms with Crippen LogP contribution in [-0.4, -0.2) is 37.5 Å². The predicted octanol–water partition coefficient (Wildman–Crippen LogP) is 4.87. The lowest BCUT2D eigenvalue weighted by molar-refractivity contribution is -0.140. The van der Waals surface area contributed by atoms with Gasteiger partial charge >= 0.3 is 6.18 Å². The second kappa shape index (κ2) is 7.19. The molecular weight excluding hydrogens is 448 g/mol. The van der Waals surface area contributed by atoms with Crippen molar-refractivity contribution in [3.63, 3.8) is 0 Å². The number of rotatable bonds is 3. The van der Waals surface area contributed by atoms with Gasteiger partial charge < -0.3 is 9.64 Å². The van der Waals surface area contributed by atoms with Crippen LogP contribution in [0.1, 0.15) is 36.8 Å². The number of amidine groups is 1. The molecule has 32 heavy (non-hydrogen) atoms. The van der Waals surface area contributed by atoms with Gasteiger partial charge in [-0.25, -0.2) is 12.8 Å². The molecule has 3 aliphatic heterocycles. The summed E-state index contributed by atoms with van der Waals surface area (Å²) >= 11 is 0. The molecule has 6 rings (SSSR count). The molecule has 2 aromatic carbocycles. The molecule has 2 aromatic rings. The van der Waals surface area contributed by atoms with Gasteiger partial charge in [-0.2, -0.15) is 13.2 Å². The van der Waals surface area contributed by atoms with E-state index < -0.39 is 33.0 Å². The highest BCUT2D eigenvalue weighted by atomic mass is 32.2. The van der Waals surface area contributed by atoms with E-state index in [0.29, 0.717) is 30.2 Å². The SMILES string of the molecule is O=S1(=O)CCN2C(=N1)C1(c3ccc(Oc4ccc(F)c(C(F)(F)F)c4)cc3)CCC2CC1. The average Bonchev–Trinajstić information content (AvgIpc) is 2.75. The van der Waals surface area contributed by atoms with Gasteiger partial charge in [-0.1, -0.05) is 12.1 Å². The second-order valence-corrected chi connectivity index (χ2v) is 10.2. The number of piperidine rings is 2. The number of benzene rings is 2. The topological polar surface area (TPSA) is 59.0 Å². The third-order valence-electron chi connectivity index (χ3n) is 6.65. The molecule has 1 aliphatic carbocycles. The Morgan fingerprint density at radius 3 is 2.34 bits per heavy atom. The van der Waals surface area contributed by atoms with Gasteiger partial charge in [0.2, 0.25) is 0 Å². The molecule has 2 bridgehead atoms. The summed E-state index contributed by atoms with van der Waals surface area (Å²) in [6, 6.07) is 9.67. The Hall–Kier alpha value is -2.62. The first-order valence-electron chi connectivity index (χ1n) is 10.3. The minimum absolute atomic E-state index is 0.0213. The number of alkyl halides is 3. The minimum atomic E-state index is -4.82. The fraction of sp³-hybridized carbons (Fsp3) is 0.409. The molecule has 2 saturated heterocycles. The number of fused-ring (bicyclic) bond motifs is 2. The van der Waals surface area contributed by atoms with E-state index in [4.69, 9.17) is 4.74 Å². The summed E-state index contributed by atoms with van der Waals surface area (Å²) in [6.07, 6.45) is -1.34. The molecule has 0 unspecified atom stereocenters. The summed E-state index contributed by atoms with van der Waals surface area (Å²) in [6.45, 7) is 0.445. The second-order valence-electron chi connectivity index (χ2n) is 8.47. The van der Waals surface area contributed by atoms with Crippen molar-refractivity contribution in [1.29, 1.82) is 0 Å². The van der Waals surface area contributed by atoms with Crippen LogP contribution >= 0.6 is 0 Å². The van der Waals surface area contributed by atoms with Gasteiger partial charge in [0, 0.05) is 12.6 Å². The van der Waals surface area contributed by atoms with E-state index in [0.717, 1.165) is 43.4 Å². The van der Waals surface area contributed by atoms with Crippen LogP contribution in [0.25, 0.3) is 0 Å². The molecule has 0 atom stereocenters. The van der Waals surface area contributed by atoms with Crippen molar-refractivity contribution in [1.82, 2.24) is 4.90 Å². The van der Waals surface area contributed by atoms with E-state index in [2.05, 4.69) is 9.30 Å². The molecule has 5 nitrogen and oxygen atoms in total. The highest BCUT2D eigenvalue weighted by Crippen LogP contribution is 2.49. The van der Waals surface area contributed by atoms with Crippen LogP contribution in [0, 0.1) is 5.82 Å². The summed E-state index contributed by atoms with van der Waals surface area (Å²) in [4.78, 5) is 2.12. The molecule has 0 spiro atoms. The monoisotopic (exact) mass is 468 g/mol. The quantitative estimate of drug-likeness (QED) is 0.603. The molecule has 3 fully saturated rings. The van der Waals surface area contributed by atoms with E-state index in [1.54, 1.807) is 24.3 Å². The van der Waals surface area contributed by atoms with Gasteiger partial charge in [0.15, 0.2) is 0 Å². The van der Waals surface area contributed by atoms with Crippen LogP contribution in [0.3, 0.4) is 0 Å². The third-order valence-corrected chi connectivity index (χ3v) is 7.80. The molecule has 0 amide bonds. The number of halogens is 4. The zero-order chi connectivity index (χ0) is 22.7. The fourth-order valence-corrected chi connectivity index (χ4v) is 6.14. The third kappa shape index (κ3) is 3.54. The molecule has 10 heteroatoms. The Morgan fingerprint density at radius 1 is 1.03 bits per heavy atom. The average molecular weight is 468 g/mol. The highest BCUT2D eigenvalue weighted by Gasteiger charge is 2.52. The van der Waals surface area contributed by atoms with Crippen molar-refractivity contribution in [2.24, 2.45) is 4.40 Å². The first-order chi connectivity index (χ1) is 15.1. The predicted molar refractivity (Wildman–Crippen MR) is 110 cm³/mol. The summed E-state index contributed by atoms with van der Waals surface area (Å²) in [5.41, 5.74) is -0.986. The van der Waals surface area contributed by atoms with Crippen LogP contribution in [0.5, 0.6) is 11.5 Å². The molecule has 4 aliphatic rings. The smallest absolute Gasteiger partial charge is 0.419 e. The van der Waals surface area contributed by atoms with Gasteiger partial charge in [-0.05, 0) is 61.6 Å². The number of ether oxygens (including phenoxy) is 1. The molecule has 0 aromatic heterocycles. The maximum Gasteiger partial charge on any atom is 0.419 e. The Morgan fingerprint density at radius 2 is 1.69 bits per heavy atom. The van der Waals surface area contributed by atoms with Crippen molar-refractivity contribution in [2.45, 2.75) is 43.3 Å². The summed E-state index contributed by atoms with van der Waals surface area (Å²) < 4.78 is 86.4. The lowest BCUT2D eigenvalue weighted by Gasteiger charge is -2.55.